The van der Waals surface area contributed by atoms with E-state index in [4.69, 9.17) is 0 Å². The summed E-state index contributed by atoms with van der Waals surface area (Å²) in [5, 5.41) is 12.8. The van der Waals surface area contributed by atoms with Gasteiger partial charge in [0, 0.05) is 38.4 Å². The second kappa shape index (κ2) is 11.6. The van der Waals surface area contributed by atoms with Gasteiger partial charge in [0.05, 0.1) is 18.9 Å². The molecule has 1 aliphatic carbocycles. The first-order chi connectivity index (χ1) is 14.0. The maximum Gasteiger partial charge on any atom is 0.228 e. The molecule has 0 bridgehead atoms. The zero-order valence-electron chi connectivity index (χ0n) is 18.4. The summed E-state index contributed by atoms with van der Waals surface area (Å²) in [5.41, 5.74) is 2.80. The van der Waals surface area contributed by atoms with Crippen molar-refractivity contribution in [2.75, 3.05) is 32.0 Å². The van der Waals surface area contributed by atoms with Crippen LogP contribution in [0.15, 0.2) is 18.2 Å². The summed E-state index contributed by atoms with van der Waals surface area (Å²) in [5.74, 6) is 0.685. The van der Waals surface area contributed by atoms with Crippen molar-refractivity contribution < 1.29 is 14.7 Å². The molecule has 8 heteroatoms. The number of nitrogens with zero attached hydrogens (tertiary/aromatic N) is 2. The van der Waals surface area contributed by atoms with Gasteiger partial charge in [-0.15, -0.1) is 0 Å². The number of aliphatic hydroxyl groups excluding tert-OH is 1. The number of aliphatic hydroxyl groups is 1. The average Bonchev–Trinajstić information content (AvgIpc) is 3.30. The number of amides is 2. The van der Waals surface area contributed by atoms with Crippen molar-refractivity contribution in [2.24, 2.45) is 5.92 Å². The SMILES string of the molecule is CN(C(=O)Cc1ccc2c(c1)NC(=O)C2)[C@H](CN1CC[C@H](O)C1)C1CCCCC1.S.S. The number of carbonyl (C=O) groups is 2. The fourth-order valence-corrected chi connectivity index (χ4v) is 5.21. The second-order valence-corrected chi connectivity index (χ2v) is 9.07. The zero-order valence-corrected chi connectivity index (χ0v) is 20.4. The fourth-order valence-electron chi connectivity index (χ4n) is 5.21. The number of likely N-dealkylation sites (N-methyl/N-ethyl adjacent to an activating group) is 1. The molecule has 31 heavy (non-hydrogen) atoms. The predicted octanol–water partition coefficient (Wildman–Crippen LogP) is 2.42. The molecule has 2 atom stereocenters. The van der Waals surface area contributed by atoms with Crippen molar-refractivity contribution in [2.45, 2.75) is 63.5 Å². The van der Waals surface area contributed by atoms with E-state index in [1.165, 1.54) is 32.1 Å². The van der Waals surface area contributed by atoms with E-state index in [1.54, 1.807) is 0 Å². The molecule has 0 radical (unpaired) electrons. The van der Waals surface area contributed by atoms with E-state index in [0.717, 1.165) is 42.9 Å². The van der Waals surface area contributed by atoms with Crippen LogP contribution in [0.3, 0.4) is 0 Å². The second-order valence-electron chi connectivity index (χ2n) is 9.07. The highest BCUT2D eigenvalue weighted by Crippen LogP contribution is 2.30. The Morgan fingerprint density at radius 2 is 1.97 bits per heavy atom. The van der Waals surface area contributed by atoms with E-state index in [9.17, 15) is 14.7 Å². The fraction of sp³-hybridized carbons (Fsp3) is 0.652. The monoisotopic (exact) mass is 467 g/mol. The number of fused-ring (bicyclic) bond motifs is 1. The van der Waals surface area contributed by atoms with Gasteiger partial charge in [0.1, 0.15) is 0 Å². The van der Waals surface area contributed by atoms with E-state index >= 15 is 0 Å². The minimum absolute atomic E-state index is 0. The Balaban J connectivity index is 0.00000171. The summed E-state index contributed by atoms with van der Waals surface area (Å²) in [6.07, 6.45) is 7.53. The normalized spacial score (nSPS) is 22.1. The first-order valence-corrected chi connectivity index (χ1v) is 11.1. The van der Waals surface area contributed by atoms with Crippen LogP contribution >= 0.6 is 27.0 Å². The highest BCUT2D eigenvalue weighted by Gasteiger charge is 2.33. The molecule has 2 heterocycles. The van der Waals surface area contributed by atoms with E-state index < -0.39 is 0 Å². The van der Waals surface area contributed by atoms with Gasteiger partial charge in [-0.3, -0.25) is 14.5 Å². The molecule has 1 aromatic carbocycles. The summed E-state index contributed by atoms with van der Waals surface area (Å²) < 4.78 is 0. The Morgan fingerprint density at radius 1 is 1.23 bits per heavy atom. The predicted molar refractivity (Wildman–Crippen MR) is 133 cm³/mol. The van der Waals surface area contributed by atoms with Crippen molar-refractivity contribution in [1.29, 1.82) is 0 Å². The molecule has 3 aliphatic rings. The first kappa shape index (κ1) is 26.0. The largest absolute Gasteiger partial charge is 0.392 e. The molecule has 1 saturated carbocycles. The topological polar surface area (TPSA) is 72.9 Å². The smallest absolute Gasteiger partial charge is 0.228 e. The van der Waals surface area contributed by atoms with Gasteiger partial charge >= 0.3 is 0 Å². The molecule has 0 unspecified atom stereocenters. The Kier molecular flexibility index (Phi) is 9.73. The molecule has 0 aromatic heterocycles. The molecule has 2 amide bonds. The number of hydrogen-bond donors (Lipinski definition) is 2. The van der Waals surface area contributed by atoms with Crippen molar-refractivity contribution in [1.82, 2.24) is 9.80 Å². The number of β-amino-alcohol motifs (C(OH)–C–C–N with tert-alkyl or cyclic N) is 1. The molecular weight excluding hydrogens is 430 g/mol. The number of rotatable bonds is 6. The Labute approximate surface area is 199 Å². The molecule has 1 aromatic rings. The van der Waals surface area contributed by atoms with Crippen molar-refractivity contribution in [3.63, 3.8) is 0 Å². The van der Waals surface area contributed by atoms with Crippen LogP contribution in [0.5, 0.6) is 0 Å². The van der Waals surface area contributed by atoms with Crippen LogP contribution in [0, 0.1) is 5.92 Å². The average molecular weight is 468 g/mol. The van der Waals surface area contributed by atoms with Crippen LogP contribution in [0.25, 0.3) is 0 Å². The van der Waals surface area contributed by atoms with E-state index in [1.807, 2.05) is 30.1 Å². The van der Waals surface area contributed by atoms with Crippen LogP contribution < -0.4 is 5.32 Å². The lowest BCUT2D eigenvalue weighted by atomic mass is 9.83. The van der Waals surface area contributed by atoms with Gasteiger partial charge in [-0.1, -0.05) is 31.4 Å². The first-order valence-electron chi connectivity index (χ1n) is 11.1. The van der Waals surface area contributed by atoms with Gasteiger partial charge in [0.15, 0.2) is 0 Å². The number of carbonyl (C=O) groups excluding carboxylic acids is 2. The Bertz CT molecular complexity index is 770. The number of likely N-dealkylation sites (tertiary alicyclic amines) is 1. The maximum atomic E-state index is 13.2. The molecule has 2 N–H and O–H groups in total. The van der Waals surface area contributed by atoms with Crippen LogP contribution in [0.4, 0.5) is 5.69 Å². The third kappa shape index (κ3) is 6.40. The summed E-state index contributed by atoms with van der Waals surface area (Å²) >= 11 is 0. The molecule has 0 spiro atoms. The van der Waals surface area contributed by atoms with Crippen LogP contribution in [0.1, 0.15) is 49.7 Å². The number of anilines is 1. The number of hydrogen-bond acceptors (Lipinski definition) is 4. The molecule has 6 nitrogen and oxygen atoms in total. The molecule has 1 saturated heterocycles. The maximum absolute atomic E-state index is 13.2. The van der Waals surface area contributed by atoms with Crippen molar-refractivity contribution >= 4 is 44.5 Å². The summed E-state index contributed by atoms with van der Waals surface area (Å²) in [7, 11) is 1.95. The molecular formula is C23H37N3O3S2. The van der Waals surface area contributed by atoms with Gasteiger partial charge in [-0.25, -0.2) is 0 Å². The quantitative estimate of drug-likeness (QED) is 0.674. The highest BCUT2D eigenvalue weighted by molar-refractivity contribution is 7.59. The van der Waals surface area contributed by atoms with E-state index in [2.05, 4.69) is 10.2 Å². The lowest BCUT2D eigenvalue weighted by Crippen LogP contribution is -2.49. The third-order valence-corrected chi connectivity index (χ3v) is 6.93. The van der Waals surface area contributed by atoms with Gasteiger partial charge in [0.2, 0.25) is 11.8 Å². The standard InChI is InChI=1S/C23H33N3O3.2H2S/c1-25(23(29)12-16-7-8-18-13-22(28)24-20(18)11-16)21(17-5-3-2-4-6-17)15-26-10-9-19(27)14-26;;/h7-8,11,17,19,21,27H,2-6,9-10,12-15H2,1H3,(H,24,28);2*1H2/t19-,21+;;/m0../s1. The van der Waals surface area contributed by atoms with Gasteiger partial charge < -0.3 is 15.3 Å². The highest BCUT2D eigenvalue weighted by atomic mass is 32.1. The molecule has 4 rings (SSSR count). The minimum Gasteiger partial charge on any atom is -0.392 e. The van der Waals surface area contributed by atoms with Gasteiger partial charge in [0.25, 0.3) is 0 Å². The van der Waals surface area contributed by atoms with Crippen molar-refractivity contribution in [3.05, 3.63) is 29.3 Å². The lowest BCUT2D eigenvalue weighted by Gasteiger charge is -2.39. The molecule has 2 aliphatic heterocycles. The van der Waals surface area contributed by atoms with E-state index in [-0.39, 0.29) is 51.0 Å². The summed E-state index contributed by atoms with van der Waals surface area (Å²) in [6.45, 7) is 2.48. The zero-order chi connectivity index (χ0) is 20.4. The van der Waals surface area contributed by atoms with Gasteiger partial charge in [-0.05, 0) is 42.4 Å². The lowest BCUT2D eigenvalue weighted by molar-refractivity contribution is -0.133. The molecule has 2 fully saturated rings. The Hall–Kier alpha value is -1.22. The number of nitrogens with one attached hydrogen (secondary N) is 1. The van der Waals surface area contributed by atoms with Crippen LogP contribution in [-0.2, 0) is 22.4 Å². The summed E-state index contributed by atoms with van der Waals surface area (Å²) in [4.78, 5) is 29.0. The molecule has 174 valence electrons. The van der Waals surface area contributed by atoms with Crippen molar-refractivity contribution in [3.8, 4) is 0 Å². The minimum atomic E-state index is -0.232. The summed E-state index contributed by atoms with van der Waals surface area (Å²) in [6, 6.07) is 6.07. The number of benzene rings is 1. The van der Waals surface area contributed by atoms with Crippen LogP contribution in [0.2, 0.25) is 0 Å². The van der Waals surface area contributed by atoms with Gasteiger partial charge in [-0.2, -0.15) is 27.0 Å². The van der Waals surface area contributed by atoms with Crippen LogP contribution in [-0.4, -0.2) is 65.5 Å². The Morgan fingerprint density at radius 3 is 2.65 bits per heavy atom. The third-order valence-electron chi connectivity index (χ3n) is 6.93. The van der Waals surface area contributed by atoms with E-state index in [0.29, 0.717) is 18.8 Å².